The van der Waals surface area contributed by atoms with Gasteiger partial charge in [0.25, 0.3) is 0 Å². The van der Waals surface area contributed by atoms with Crippen LogP contribution in [0.1, 0.15) is 27.0 Å². The Morgan fingerprint density at radius 3 is 2.68 bits per heavy atom. The Labute approximate surface area is 175 Å². The molecular weight excluding hydrogens is 416 g/mol. The number of carbonyl (C=O) groups is 2. The minimum absolute atomic E-state index is 0.165. The van der Waals surface area contributed by atoms with Gasteiger partial charge in [-0.2, -0.15) is 0 Å². The van der Waals surface area contributed by atoms with E-state index in [-0.39, 0.29) is 11.7 Å². The minimum Gasteiger partial charge on any atom is -0.465 e. The van der Waals surface area contributed by atoms with E-state index in [1.165, 1.54) is 35.1 Å². The maximum absolute atomic E-state index is 12.4. The van der Waals surface area contributed by atoms with E-state index in [0.29, 0.717) is 22.3 Å². The van der Waals surface area contributed by atoms with Gasteiger partial charge in [-0.1, -0.05) is 11.8 Å². The zero-order valence-corrected chi connectivity index (χ0v) is 18.4. The van der Waals surface area contributed by atoms with E-state index in [2.05, 4.69) is 33.9 Å². The first-order valence-corrected chi connectivity index (χ1v) is 11.2. The molecule has 0 spiro atoms. The number of methoxy groups -OCH3 is 1. The number of nitrogens with one attached hydrogen (secondary N) is 1. The summed E-state index contributed by atoms with van der Waals surface area (Å²) in [6, 6.07) is 3.79. The predicted molar refractivity (Wildman–Crippen MR) is 113 cm³/mol. The normalized spacial score (nSPS) is 10.9. The van der Waals surface area contributed by atoms with Crippen molar-refractivity contribution in [1.82, 2.24) is 14.8 Å². The highest BCUT2D eigenvalue weighted by molar-refractivity contribution is 7.99. The number of aryl methyl sites for hydroxylation is 2. The number of carbonyl (C=O) groups excluding carboxylic acids is 2. The van der Waals surface area contributed by atoms with Gasteiger partial charge in [-0.3, -0.25) is 4.79 Å². The SMILES string of the molecule is CCn1c(SCC(=O)Nc2sc(C)cc2C(=O)OC)nnc1-c1csc(C)c1. The van der Waals surface area contributed by atoms with Crippen molar-refractivity contribution in [2.75, 3.05) is 18.2 Å². The van der Waals surface area contributed by atoms with Crippen LogP contribution in [0.4, 0.5) is 5.00 Å². The fraction of sp³-hybridized carbons (Fsp3) is 0.333. The van der Waals surface area contributed by atoms with Crippen molar-refractivity contribution in [3.05, 3.63) is 32.8 Å². The number of hydrogen-bond acceptors (Lipinski definition) is 8. The third kappa shape index (κ3) is 4.45. The summed E-state index contributed by atoms with van der Waals surface area (Å²) in [6.07, 6.45) is 0. The highest BCUT2D eigenvalue weighted by Gasteiger charge is 2.19. The van der Waals surface area contributed by atoms with Gasteiger partial charge in [0.2, 0.25) is 5.91 Å². The summed E-state index contributed by atoms with van der Waals surface area (Å²) in [5.41, 5.74) is 1.40. The fourth-order valence-electron chi connectivity index (χ4n) is 2.62. The molecule has 0 saturated heterocycles. The van der Waals surface area contributed by atoms with E-state index in [9.17, 15) is 9.59 Å². The number of amides is 1. The van der Waals surface area contributed by atoms with Crippen molar-refractivity contribution < 1.29 is 14.3 Å². The fourth-order valence-corrected chi connectivity index (χ4v) is 5.02. The van der Waals surface area contributed by atoms with E-state index in [0.717, 1.165) is 16.3 Å². The molecule has 3 aromatic heterocycles. The van der Waals surface area contributed by atoms with Crippen molar-refractivity contribution in [2.24, 2.45) is 0 Å². The monoisotopic (exact) mass is 436 g/mol. The van der Waals surface area contributed by atoms with Crippen LogP contribution in [0.15, 0.2) is 22.7 Å². The number of thiophene rings is 2. The van der Waals surface area contributed by atoms with Crippen molar-refractivity contribution in [2.45, 2.75) is 32.5 Å². The first-order chi connectivity index (χ1) is 13.4. The van der Waals surface area contributed by atoms with Gasteiger partial charge in [0.15, 0.2) is 11.0 Å². The van der Waals surface area contributed by atoms with Crippen LogP contribution < -0.4 is 5.32 Å². The maximum atomic E-state index is 12.4. The van der Waals surface area contributed by atoms with Crippen LogP contribution in [-0.4, -0.2) is 39.5 Å². The molecular formula is C18H20N4O3S3. The molecule has 0 aliphatic heterocycles. The number of esters is 1. The first-order valence-electron chi connectivity index (χ1n) is 8.53. The number of anilines is 1. The van der Waals surface area contributed by atoms with Crippen LogP contribution in [0.5, 0.6) is 0 Å². The summed E-state index contributed by atoms with van der Waals surface area (Å²) in [4.78, 5) is 26.4. The van der Waals surface area contributed by atoms with Crippen LogP contribution >= 0.6 is 34.4 Å². The van der Waals surface area contributed by atoms with E-state index < -0.39 is 5.97 Å². The zero-order valence-electron chi connectivity index (χ0n) is 15.9. The third-order valence-corrected chi connectivity index (χ3v) is 6.66. The molecule has 10 heteroatoms. The lowest BCUT2D eigenvalue weighted by Crippen LogP contribution is -2.16. The maximum Gasteiger partial charge on any atom is 0.340 e. The molecule has 7 nitrogen and oxygen atoms in total. The highest BCUT2D eigenvalue weighted by Crippen LogP contribution is 2.30. The smallest absolute Gasteiger partial charge is 0.340 e. The van der Waals surface area contributed by atoms with Crippen molar-refractivity contribution >= 4 is 51.3 Å². The van der Waals surface area contributed by atoms with E-state index in [1.807, 2.05) is 18.4 Å². The number of aromatic nitrogens is 3. The zero-order chi connectivity index (χ0) is 20.3. The van der Waals surface area contributed by atoms with Crippen LogP contribution in [-0.2, 0) is 16.1 Å². The summed E-state index contributed by atoms with van der Waals surface area (Å²) in [5.74, 6) is 0.291. The number of thioether (sulfide) groups is 1. The van der Waals surface area contributed by atoms with Gasteiger partial charge in [0, 0.05) is 27.2 Å². The van der Waals surface area contributed by atoms with E-state index in [1.54, 1.807) is 17.4 Å². The molecule has 0 fully saturated rings. The van der Waals surface area contributed by atoms with Crippen LogP contribution in [0.3, 0.4) is 0 Å². The lowest BCUT2D eigenvalue weighted by atomic mass is 10.3. The lowest BCUT2D eigenvalue weighted by Gasteiger charge is -2.07. The minimum atomic E-state index is -0.464. The van der Waals surface area contributed by atoms with Crippen molar-refractivity contribution in [3.63, 3.8) is 0 Å². The molecule has 148 valence electrons. The van der Waals surface area contributed by atoms with Gasteiger partial charge < -0.3 is 14.6 Å². The predicted octanol–water partition coefficient (Wildman–Crippen LogP) is 4.22. The molecule has 0 unspecified atom stereocenters. The second kappa shape index (κ2) is 8.89. The van der Waals surface area contributed by atoms with Gasteiger partial charge >= 0.3 is 5.97 Å². The second-order valence-electron chi connectivity index (χ2n) is 5.92. The summed E-state index contributed by atoms with van der Waals surface area (Å²) in [5, 5.41) is 14.6. The molecule has 3 rings (SSSR count). The Hall–Kier alpha value is -2.17. The van der Waals surface area contributed by atoms with Gasteiger partial charge in [0.1, 0.15) is 5.00 Å². The third-order valence-electron chi connectivity index (χ3n) is 3.87. The van der Waals surface area contributed by atoms with Gasteiger partial charge in [-0.25, -0.2) is 4.79 Å². The first kappa shape index (κ1) is 20.6. The quantitative estimate of drug-likeness (QED) is 0.441. The Kier molecular flexibility index (Phi) is 6.53. The average Bonchev–Trinajstić information content (AvgIpc) is 3.37. The molecule has 0 aliphatic carbocycles. The Morgan fingerprint density at radius 2 is 2.04 bits per heavy atom. The number of nitrogens with zero attached hydrogens (tertiary/aromatic N) is 3. The standard InChI is InChI=1S/C18H20N4O3S3/c1-5-22-15(12-6-10(2)26-8-12)20-21-18(22)27-9-14(23)19-16-13(17(24)25-4)7-11(3)28-16/h6-8H,5,9H2,1-4H3,(H,19,23). The topological polar surface area (TPSA) is 86.1 Å². The molecule has 0 bridgehead atoms. The molecule has 1 amide bonds. The molecule has 0 saturated carbocycles. The highest BCUT2D eigenvalue weighted by atomic mass is 32.2. The molecule has 0 aliphatic rings. The van der Waals surface area contributed by atoms with Gasteiger partial charge in [-0.05, 0) is 32.9 Å². The largest absolute Gasteiger partial charge is 0.465 e. The van der Waals surface area contributed by atoms with Crippen molar-refractivity contribution in [1.29, 1.82) is 0 Å². The number of hydrogen-bond donors (Lipinski definition) is 1. The molecule has 0 radical (unpaired) electrons. The van der Waals surface area contributed by atoms with Crippen molar-refractivity contribution in [3.8, 4) is 11.4 Å². The molecule has 3 aromatic rings. The second-order valence-corrected chi connectivity index (χ2v) is 9.24. The van der Waals surface area contributed by atoms with Gasteiger partial charge in [-0.15, -0.1) is 32.9 Å². The summed E-state index contributed by atoms with van der Waals surface area (Å²) < 4.78 is 6.76. The number of rotatable bonds is 7. The van der Waals surface area contributed by atoms with Crippen LogP contribution in [0.2, 0.25) is 0 Å². The Balaban J connectivity index is 1.69. The number of ether oxygens (including phenoxy) is 1. The van der Waals surface area contributed by atoms with Crippen LogP contribution in [0, 0.1) is 13.8 Å². The van der Waals surface area contributed by atoms with E-state index >= 15 is 0 Å². The summed E-state index contributed by atoms with van der Waals surface area (Å²) in [6.45, 7) is 6.65. The molecule has 3 heterocycles. The average molecular weight is 437 g/mol. The Morgan fingerprint density at radius 1 is 1.25 bits per heavy atom. The Bertz CT molecular complexity index is 1010. The molecule has 1 N–H and O–H groups in total. The van der Waals surface area contributed by atoms with E-state index in [4.69, 9.17) is 4.74 Å². The summed E-state index contributed by atoms with van der Waals surface area (Å²) >= 11 is 4.33. The molecule has 0 aromatic carbocycles. The molecule has 28 heavy (non-hydrogen) atoms. The summed E-state index contributed by atoms with van der Waals surface area (Å²) in [7, 11) is 1.32. The lowest BCUT2D eigenvalue weighted by molar-refractivity contribution is -0.113. The van der Waals surface area contributed by atoms with Crippen LogP contribution in [0.25, 0.3) is 11.4 Å². The van der Waals surface area contributed by atoms with Gasteiger partial charge in [0.05, 0.1) is 18.4 Å². The molecule has 0 atom stereocenters.